The van der Waals surface area contributed by atoms with Crippen LogP contribution in [0, 0.1) is 17.2 Å². The highest BCUT2D eigenvalue weighted by Gasteiger charge is 2.29. The van der Waals surface area contributed by atoms with E-state index in [0.29, 0.717) is 31.6 Å². The lowest BCUT2D eigenvalue weighted by molar-refractivity contribution is -0.151. The number of benzene rings is 1. The van der Waals surface area contributed by atoms with Crippen molar-refractivity contribution >= 4 is 17.8 Å². The van der Waals surface area contributed by atoms with E-state index in [9.17, 15) is 14.4 Å². The number of rotatable bonds is 5. The smallest absolute Gasteiger partial charge is 0.338 e. The van der Waals surface area contributed by atoms with Gasteiger partial charge in [-0.25, -0.2) is 4.79 Å². The second-order valence-electron chi connectivity index (χ2n) is 5.70. The minimum atomic E-state index is -0.628. The van der Waals surface area contributed by atoms with Crippen LogP contribution >= 0.6 is 0 Å². The van der Waals surface area contributed by atoms with Crippen LogP contribution in [-0.2, 0) is 19.1 Å². The molecule has 1 aliphatic heterocycles. The largest absolute Gasteiger partial charge is 0.466 e. The molecule has 0 aliphatic carbocycles. The lowest BCUT2D eigenvalue weighted by Gasteiger charge is -2.31. The SMILES string of the molecule is CCOC(=O)[C@@H]1CCCN(C(=O)COC(=O)c2ccc(C#N)cc2)C1. The summed E-state index contributed by atoms with van der Waals surface area (Å²) in [6.07, 6.45) is 1.40. The molecule has 1 aromatic carbocycles. The highest BCUT2D eigenvalue weighted by atomic mass is 16.5. The zero-order valence-corrected chi connectivity index (χ0v) is 14.1. The Hall–Kier alpha value is -2.88. The zero-order valence-electron chi connectivity index (χ0n) is 14.1. The summed E-state index contributed by atoms with van der Waals surface area (Å²) in [6, 6.07) is 7.92. The summed E-state index contributed by atoms with van der Waals surface area (Å²) in [4.78, 5) is 37.5. The molecule has 0 radical (unpaired) electrons. The van der Waals surface area contributed by atoms with Gasteiger partial charge in [-0.15, -0.1) is 0 Å². The highest BCUT2D eigenvalue weighted by Crippen LogP contribution is 2.18. The van der Waals surface area contributed by atoms with Crippen molar-refractivity contribution < 1.29 is 23.9 Å². The van der Waals surface area contributed by atoms with E-state index in [0.717, 1.165) is 0 Å². The molecular weight excluding hydrogens is 324 g/mol. The Morgan fingerprint density at radius 3 is 2.60 bits per heavy atom. The number of hydrogen-bond acceptors (Lipinski definition) is 6. The molecule has 0 spiro atoms. The highest BCUT2D eigenvalue weighted by molar-refractivity contribution is 5.91. The van der Waals surface area contributed by atoms with E-state index in [-0.39, 0.29) is 36.5 Å². The van der Waals surface area contributed by atoms with E-state index in [1.807, 2.05) is 6.07 Å². The first kappa shape index (κ1) is 18.5. The van der Waals surface area contributed by atoms with Crippen LogP contribution in [0.5, 0.6) is 0 Å². The van der Waals surface area contributed by atoms with Crippen LogP contribution in [0.15, 0.2) is 24.3 Å². The number of carbonyl (C=O) groups excluding carboxylic acids is 3. The van der Waals surface area contributed by atoms with E-state index in [1.54, 1.807) is 6.92 Å². The number of nitriles is 1. The minimum absolute atomic E-state index is 0.273. The predicted molar refractivity (Wildman–Crippen MR) is 87.4 cm³/mol. The molecule has 0 N–H and O–H groups in total. The molecule has 7 nitrogen and oxygen atoms in total. The second-order valence-corrected chi connectivity index (χ2v) is 5.70. The van der Waals surface area contributed by atoms with Gasteiger partial charge in [0.25, 0.3) is 5.91 Å². The van der Waals surface area contributed by atoms with Crippen molar-refractivity contribution in [3.63, 3.8) is 0 Å². The Kier molecular flexibility index (Phi) is 6.52. The number of nitrogens with zero attached hydrogens (tertiary/aromatic N) is 2. The first-order chi connectivity index (χ1) is 12.0. The third-order valence-electron chi connectivity index (χ3n) is 3.97. The van der Waals surface area contributed by atoms with Gasteiger partial charge in [0.15, 0.2) is 6.61 Å². The maximum absolute atomic E-state index is 12.2. The number of amides is 1. The normalized spacial score (nSPS) is 16.6. The zero-order chi connectivity index (χ0) is 18.2. The van der Waals surface area contributed by atoms with Gasteiger partial charge >= 0.3 is 11.9 Å². The van der Waals surface area contributed by atoms with Gasteiger partial charge in [-0.05, 0) is 44.0 Å². The average Bonchev–Trinajstić information content (AvgIpc) is 2.66. The number of piperidine rings is 1. The molecule has 1 fully saturated rings. The van der Waals surface area contributed by atoms with E-state index in [4.69, 9.17) is 14.7 Å². The van der Waals surface area contributed by atoms with Gasteiger partial charge in [-0.1, -0.05) is 0 Å². The second kappa shape index (κ2) is 8.83. The Morgan fingerprint density at radius 1 is 1.24 bits per heavy atom. The standard InChI is InChI=1S/C18H20N2O5/c1-2-24-18(23)15-4-3-9-20(11-15)16(21)12-25-17(22)14-7-5-13(10-19)6-8-14/h5-8,15H,2-4,9,11-12H2,1H3/t15-/m1/s1. The number of likely N-dealkylation sites (tertiary alicyclic amines) is 1. The average molecular weight is 344 g/mol. The molecule has 1 aromatic rings. The van der Waals surface area contributed by atoms with Crippen molar-refractivity contribution in [3.8, 4) is 6.07 Å². The molecule has 25 heavy (non-hydrogen) atoms. The van der Waals surface area contributed by atoms with Crippen molar-refractivity contribution in [1.82, 2.24) is 4.90 Å². The lowest BCUT2D eigenvalue weighted by Crippen LogP contribution is -2.44. The summed E-state index contributed by atoms with van der Waals surface area (Å²) < 4.78 is 10.0. The molecule has 0 aromatic heterocycles. The quantitative estimate of drug-likeness (QED) is 0.751. The summed E-state index contributed by atoms with van der Waals surface area (Å²) in [5.41, 5.74) is 0.709. The molecule has 2 rings (SSSR count). The molecule has 0 unspecified atom stereocenters. The van der Waals surface area contributed by atoms with Crippen molar-refractivity contribution in [2.75, 3.05) is 26.3 Å². The molecule has 0 saturated carbocycles. The number of carbonyl (C=O) groups is 3. The fourth-order valence-corrected chi connectivity index (χ4v) is 2.64. The summed E-state index contributed by atoms with van der Waals surface area (Å²) in [5.74, 6) is -1.59. The summed E-state index contributed by atoms with van der Waals surface area (Å²) in [5, 5.41) is 8.73. The summed E-state index contributed by atoms with van der Waals surface area (Å²) in [7, 11) is 0. The number of hydrogen-bond donors (Lipinski definition) is 0. The Bertz CT molecular complexity index is 678. The van der Waals surface area contributed by atoms with Crippen LogP contribution in [0.2, 0.25) is 0 Å². The maximum Gasteiger partial charge on any atom is 0.338 e. The van der Waals surface area contributed by atoms with E-state index < -0.39 is 5.97 Å². The molecule has 1 saturated heterocycles. The van der Waals surface area contributed by atoms with Crippen LogP contribution in [0.1, 0.15) is 35.7 Å². The van der Waals surface area contributed by atoms with Crippen LogP contribution in [0.4, 0.5) is 0 Å². The van der Waals surface area contributed by atoms with Gasteiger partial charge in [0.05, 0.1) is 29.7 Å². The van der Waals surface area contributed by atoms with Crippen molar-refractivity contribution in [2.24, 2.45) is 5.92 Å². The molecule has 132 valence electrons. The van der Waals surface area contributed by atoms with Gasteiger partial charge in [0, 0.05) is 13.1 Å². The van der Waals surface area contributed by atoms with Crippen LogP contribution in [0.25, 0.3) is 0 Å². The molecular formula is C18H20N2O5. The molecule has 7 heteroatoms. The molecule has 0 bridgehead atoms. The fraction of sp³-hybridized carbons (Fsp3) is 0.444. The van der Waals surface area contributed by atoms with Crippen LogP contribution in [-0.4, -0.2) is 49.0 Å². The fourth-order valence-electron chi connectivity index (χ4n) is 2.64. The molecule has 1 aliphatic rings. The van der Waals surface area contributed by atoms with Crippen molar-refractivity contribution in [3.05, 3.63) is 35.4 Å². The molecule has 1 heterocycles. The van der Waals surface area contributed by atoms with Gasteiger partial charge < -0.3 is 14.4 Å². The van der Waals surface area contributed by atoms with E-state index >= 15 is 0 Å². The van der Waals surface area contributed by atoms with Gasteiger partial charge in [-0.2, -0.15) is 5.26 Å². The van der Waals surface area contributed by atoms with Gasteiger partial charge in [0.1, 0.15) is 0 Å². The topological polar surface area (TPSA) is 96.7 Å². The van der Waals surface area contributed by atoms with Gasteiger partial charge in [-0.3, -0.25) is 9.59 Å². The summed E-state index contributed by atoms with van der Waals surface area (Å²) in [6.45, 7) is 2.49. The monoisotopic (exact) mass is 344 g/mol. The Labute approximate surface area is 146 Å². The van der Waals surface area contributed by atoms with Crippen molar-refractivity contribution in [2.45, 2.75) is 19.8 Å². The third kappa shape index (κ3) is 5.05. The Balaban J connectivity index is 1.85. The van der Waals surface area contributed by atoms with Crippen LogP contribution in [0.3, 0.4) is 0 Å². The summed E-state index contributed by atoms with van der Waals surface area (Å²) >= 11 is 0. The molecule has 1 amide bonds. The van der Waals surface area contributed by atoms with Crippen molar-refractivity contribution in [1.29, 1.82) is 5.26 Å². The predicted octanol–water partition coefficient (Wildman–Crippen LogP) is 1.52. The third-order valence-corrected chi connectivity index (χ3v) is 3.97. The van der Waals surface area contributed by atoms with Crippen LogP contribution < -0.4 is 0 Å². The first-order valence-electron chi connectivity index (χ1n) is 8.16. The first-order valence-corrected chi connectivity index (χ1v) is 8.16. The lowest BCUT2D eigenvalue weighted by atomic mass is 9.98. The Morgan fingerprint density at radius 2 is 1.96 bits per heavy atom. The number of esters is 2. The molecule has 1 atom stereocenters. The number of ether oxygens (including phenoxy) is 2. The van der Waals surface area contributed by atoms with E-state index in [1.165, 1.54) is 29.2 Å². The minimum Gasteiger partial charge on any atom is -0.466 e. The van der Waals surface area contributed by atoms with Gasteiger partial charge in [0.2, 0.25) is 0 Å². The maximum atomic E-state index is 12.2. The van der Waals surface area contributed by atoms with E-state index in [2.05, 4.69) is 0 Å².